The average molecular weight is 536 g/mol. The van der Waals surface area contributed by atoms with Crippen LogP contribution < -0.4 is 5.32 Å². The van der Waals surface area contributed by atoms with Crippen LogP contribution in [0.1, 0.15) is 31.2 Å². The van der Waals surface area contributed by atoms with Gasteiger partial charge in [-0.25, -0.2) is 18.5 Å². The van der Waals surface area contributed by atoms with Crippen molar-refractivity contribution in [3.8, 4) is 0 Å². The molecule has 0 fully saturated rings. The Bertz CT molecular complexity index is 934. The molecule has 2 atom stereocenters. The molecule has 2 unspecified atom stereocenters. The molecule has 0 aliphatic rings. The first-order valence-corrected chi connectivity index (χ1v) is 13.6. The van der Waals surface area contributed by atoms with Crippen LogP contribution in [0.15, 0.2) is 24.3 Å². The van der Waals surface area contributed by atoms with Gasteiger partial charge in [-0.2, -0.15) is 8.62 Å². The van der Waals surface area contributed by atoms with Gasteiger partial charge in [-0.05, 0) is 30.5 Å². The van der Waals surface area contributed by atoms with Gasteiger partial charge in [-0.15, -0.1) is 0 Å². The average Bonchev–Trinajstić information content (AvgIpc) is 2.65. The molecule has 0 saturated heterocycles. The van der Waals surface area contributed by atoms with E-state index in [9.17, 15) is 33.5 Å². The number of carbonyl (C=O) groups excluding carboxylic acids is 1. The van der Waals surface area contributed by atoms with Crippen molar-refractivity contribution in [1.29, 1.82) is 0 Å². The van der Waals surface area contributed by atoms with Crippen molar-refractivity contribution in [3.05, 3.63) is 39.9 Å². The first-order valence-electron chi connectivity index (χ1n) is 9.11. The van der Waals surface area contributed by atoms with Gasteiger partial charge in [0.1, 0.15) is 6.61 Å². The van der Waals surface area contributed by atoms with E-state index in [4.69, 9.17) is 19.4 Å². The van der Waals surface area contributed by atoms with Crippen LogP contribution in [0.4, 0.5) is 10.5 Å². The molecular weight excluding hydrogens is 513 g/mol. The summed E-state index contributed by atoms with van der Waals surface area (Å²) in [4.78, 5) is 56.7. The fourth-order valence-electron chi connectivity index (χ4n) is 2.17. The maximum Gasteiger partial charge on any atom is 0.490 e. The number of phosphoric ester groups is 1. The number of nitrogens with zero attached hydrogens (tertiary/aromatic N) is 1. The lowest BCUT2D eigenvalue weighted by molar-refractivity contribution is -0.384. The number of non-ortho nitro benzene ring substituents is 1. The Morgan fingerprint density at radius 1 is 0.939 bits per heavy atom. The highest BCUT2D eigenvalue weighted by Crippen LogP contribution is 2.66. The van der Waals surface area contributed by atoms with Crippen LogP contribution >= 0.6 is 23.5 Å². The molecule has 1 aromatic carbocycles. The first-order chi connectivity index (χ1) is 15.2. The zero-order valence-electron chi connectivity index (χ0n) is 16.9. The Morgan fingerprint density at radius 3 is 2.12 bits per heavy atom. The van der Waals surface area contributed by atoms with Crippen LogP contribution in [0.2, 0.25) is 0 Å². The van der Waals surface area contributed by atoms with Crippen LogP contribution in [0, 0.1) is 10.1 Å². The summed E-state index contributed by atoms with van der Waals surface area (Å²) in [5.74, 6) is 0. The fourth-order valence-corrected chi connectivity index (χ4v) is 5.22. The minimum Gasteiger partial charge on any atom is -0.445 e. The normalized spacial score (nSPS) is 15.3. The molecule has 1 amide bonds. The van der Waals surface area contributed by atoms with Crippen LogP contribution in [0.5, 0.6) is 0 Å². The molecule has 5 N–H and O–H groups in total. The number of nitrogens with one attached hydrogen (secondary N) is 1. The Balaban J connectivity index is 2.13. The van der Waals surface area contributed by atoms with E-state index in [0.717, 1.165) is 0 Å². The van der Waals surface area contributed by atoms with Crippen LogP contribution in [-0.4, -0.2) is 43.7 Å². The van der Waals surface area contributed by atoms with Gasteiger partial charge in [0.2, 0.25) is 0 Å². The highest BCUT2D eigenvalue weighted by Gasteiger charge is 2.40. The molecule has 1 aromatic rings. The maximum atomic E-state index is 11.6. The zero-order valence-corrected chi connectivity index (χ0v) is 19.6. The third-order valence-corrected chi connectivity index (χ3v) is 7.36. The third kappa shape index (κ3) is 14.2. The molecular formula is C14H23N2O14P3. The van der Waals surface area contributed by atoms with Gasteiger partial charge in [0.05, 0.1) is 11.5 Å². The minimum atomic E-state index is -5.53. The van der Waals surface area contributed by atoms with Crippen LogP contribution in [0.3, 0.4) is 0 Å². The van der Waals surface area contributed by atoms with Crippen molar-refractivity contribution in [2.24, 2.45) is 0 Å². The van der Waals surface area contributed by atoms with Gasteiger partial charge >= 0.3 is 29.6 Å². The van der Waals surface area contributed by atoms with Crippen molar-refractivity contribution < 1.29 is 60.9 Å². The molecule has 0 saturated carbocycles. The summed E-state index contributed by atoms with van der Waals surface area (Å²) in [6.07, 6.45) is 1.13. The number of ether oxygens (including phenoxy) is 1. The number of nitro benzene ring substituents is 1. The highest BCUT2D eigenvalue weighted by molar-refractivity contribution is 7.66. The van der Waals surface area contributed by atoms with Gasteiger partial charge in [0.15, 0.2) is 0 Å². The Hall–Kier alpha value is -1.70. The van der Waals surface area contributed by atoms with E-state index in [-0.39, 0.29) is 31.9 Å². The van der Waals surface area contributed by atoms with Crippen molar-refractivity contribution in [2.75, 3.05) is 13.2 Å². The number of carbonyl (C=O) groups is 1. The van der Waals surface area contributed by atoms with Gasteiger partial charge < -0.3 is 29.6 Å². The summed E-state index contributed by atoms with van der Waals surface area (Å²) >= 11 is 0. The van der Waals surface area contributed by atoms with E-state index in [2.05, 4.69) is 18.5 Å². The van der Waals surface area contributed by atoms with Gasteiger partial charge in [-0.1, -0.05) is 12.8 Å². The van der Waals surface area contributed by atoms with E-state index in [1.807, 2.05) is 0 Å². The molecule has 16 nitrogen and oxygen atoms in total. The molecule has 0 radical (unpaired) electrons. The molecule has 188 valence electrons. The molecule has 0 aliphatic heterocycles. The van der Waals surface area contributed by atoms with E-state index >= 15 is 0 Å². The Labute approximate surface area is 187 Å². The van der Waals surface area contributed by atoms with Crippen molar-refractivity contribution in [2.45, 2.75) is 32.3 Å². The highest BCUT2D eigenvalue weighted by atomic mass is 31.3. The number of phosphoric acid groups is 3. The first kappa shape index (κ1) is 29.3. The largest absolute Gasteiger partial charge is 0.490 e. The SMILES string of the molecule is O=C(NCCCCCCOP(=O)(O)OP(=O)(O)OP(=O)(O)O)OCc1ccc([N+](=O)[O-])cc1. The summed E-state index contributed by atoms with van der Waals surface area (Å²) in [6, 6.07) is 5.52. The summed E-state index contributed by atoms with van der Waals surface area (Å²) in [5, 5.41) is 13.1. The Kier molecular flexibility index (Phi) is 11.8. The Morgan fingerprint density at radius 2 is 1.55 bits per heavy atom. The quantitative estimate of drug-likeness (QED) is 0.0937. The molecule has 0 bridgehead atoms. The lowest BCUT2D eigenvalue weighted by Gasteiger charge is -2.16. The number of nitro groups is 1. The summed E-state index contributed by atoms with van der Waals surface area (Å²) < 4.78 is 49.7. The number of hydrogen-bond acceptors (Lipinski definition) is 10. The van der Waals surface area contributed by atoms with E-state index in [1.54, 1.807) is 0 Å². The van der Waals surface area contributed by atoms with Crippen molar-refractivity contribution in [3.63, 3.8) is 0 Å². The third-order valence-electron chi connectivity index (χ3n) is 3.53. The molecule has 33 heavy (non-hydrogen) atoms. The standard InChI is InChI=1S/C14H23N2O14P3/c17-14(27-11-12-5-7-13(8-6-12)16(18)19)15-9-3-1-2-4-10-28-32(23,24)30-33(25,26)29-31(20,21)22/h5-8H,1-4,9-11H2,(H,15,17)(H,23,24)(H,25,26)(H2,20,21,22). The van der Waals surface area contributed by atoms with E-state index < -0.39 is 34.5 Å². The second-order valence-corrected chi connectivity index (χ2v) is 10.7. The summed E-state index contributed by atoms with van der Waals surface area (Å²) in [6.45, 7) is -0.159. The molecule has 1 rings (SSSR count). The number of hydrogen-bond donors (Lipinski definition) is 5. The fraction of sp³-hybridized carbons (Fsp3) is 0.500. The zero-order chi connectivity index (χ0) is 25.1. The van der Waals surface area contributed by atoms with E-state index in [0.29, 0.717) is 24.8 Å². The van der Waals surface area contributed by atoms with Crippen LogP contribution in [-0.2, 0) is 38.2 Å². The number of alkyl carbamates (subject to hydrolysis) is 1. The predicted molar refractivity (Wildman–Crippen MR) is 110 cm³/mol. The number of benzene rings is 1. The van der Waals surface area contributed by atoms with Gasteiger partial charge in [0, 0.05) is 18.7 Å². The molecule has 0 aromatic heterocycles. The monoisotopic (exact) mass is 536 g/mol. The topological polar surface area (TPSA) is 241 Å². The summed E-state index contributed by atoms with van der Waals surface area (Å²) in [7, 11) is -16.1. The molecule has 0 spiro atoms. The van der Waals surface area contributed by atoms with Crippen molar-refractivity contribution in [1.82, 2.24) is 5.32 Å². The van der Waals surface area contributed by atoms with E-state index in [1.165, 1.54) is 24.3 Å². The number of amides is 1. The molecule has 0 heterocycles. The minimum absolute atomic E-state index is 0.0651. The molecule has 19 heteroatoms. The smallest absolute Gasteiger partial charge is 0.445 e. The van der Waals surface area contributed by atoms with Gasteiger partial charge in [0.25, 0.3) is 5.69 Å². The summed E-state index contributed by atoms with van der Waals surface area (Å²) in [5.41, 5.74) is 0.497. The second-order valence-electron chi connectivity index (χ2n) is 6.26. The van der Waals surface area contributed by atoms with Gasteiger partial charge in [-0.3, -0.25) is 14.6 Å². The lowest BCUT2D eigenvalue weighted by Crippen LogP contribution is -2.25. The predicted octanol–water partition coefficient (Wildman–Crippen LogP) is 2.72. The van der Waals surface area contributed by atoms with Crippen molar-refractivity contribution >= 4 is 35.2 Å². The number of unbranched alkanes of at least 4 members (excludes halogenated alkanes) is 3. The lowest BCUT2D eigenvalue weighted by atomic mass is 10.2. The number of rotatable bonds is 15. The van der Waals surface area contributed by atoms with Crippen LogP contribution in [0.25, 0.3) is 0 Å². The maximum absolute atomic E-state index is 11.6. The molecule has 0 aliphatic carbocycles. The second kappa shape index (κ2) is 13.3.